The van der Waals surface area contributed by atoms with E-state index in [4.69, 9.17) is 5.26 Å². The monoisotopic (exact) mass is 223 g/mol. The van der Waals surface area contributed by atoms with E-state index < -0.39 is 0 Å². The van der Waals surface area contributed by atoms with Gasteiger partial charge in [0.25, 0.3) is 0 Å². The summed E-state index contributed by atoms with van der Waals surface area (Å²) in [5.41, 5.74) is 0. The van der Waals surface area contributed by atoms with Gasteiger partial charge in [-0.05, 0) is 26.7 Å². The Hall–Kier alpha value is -1.08. The van der Waals surface area contributed by atoms with Crippen molar-refractivity contribution in [1.29, 1.82) is 5.26 Å². The first-order valence-corrected chi connectivity index (χ1v) is 6.04. The van der Waals surface area contributed by atoms with Gasteiger partial charge in [-0.15, -0.1) is 0 Å². The van der Waals surface area contributed by atoms with Gasteiger partial charge in [-0.2, -0.15) is 5.26 Å². The van der Waals surface area contributed by atoms with Gasteiger partial charge in [0.1, 0.15) is 0 Å². The highest BCUT2D eigenvalue weighted by Gasteiger charge is 2.21. The molecule has 1 aliphatic heterocycles. The number of hydrogen-bond acceptors (Lipinski definition) is 3. The number of rotatable bonds is 5. The van der Waals surface area contributed by atoms with Crippen molar-refractivity contribution in [3.05, 3.63) is 0 Å². The molecule has 1 heterocycles. The maximum absolute atomic E-state index is 11.9. The van der Waals surface area contributed by atoms with Crippen molar-refractivity contribution in [2.45, 2.75) is 39.2 Å². The summed E-state index contributed by atoms with van der Waals surface area (Å²) in [5, 5.41) is 8.57. The van der Waals surface area contributed by atoms with E-state index in [1.165, 1.54) is 0 Å². The van der Waals surface area contributed by atoms with E-state index in [9.17, 15) is 4.79 Å². The second-order valence-electron chi connectivity index (χ2n) is 4.56. The van der Waals surface area contributed by atoms with Crippen molar-refractivity contribution in [2.24, 2.45) is 0 Å². The fraction of sp³-hybridized carbons (Fsp3) is 0.833. The van der Waals surface area contributed by atoms with Gasteiger partial charge in [0.2, 0.25) is 5.91 Å². The maximum Gasteiger partial charge on any atom is 0.236 e. The molecule has 1 fully saturated rings. The van der Waals surface area contributed by atoms with Crippen LogP contribution in [0, 0.1) is 11.3 Å². The second-order valence-corrected chi connectivity index (χ2v) is 4.56. The predicted octanol–water partition coefficient (Wildman–Crippen LogP) is 1.23. The first kappa shape index (κ1) is 13.0. The highest BCUT2D eigenvalue weighted by Crippen LogP contribution is 2.09. The molecule has 4 nitrogen and oxygen atoms in total. The van der Waals surface area contributed by atoms with Gasteiger partial charge in [-0.3, -0.25) is 9.69 Å². The molecule has 0 aromatic carbocycles. The van der Waals surface area contributed by atoms with Crippen LogP contribution in [0.15, 0.2) is 0 Å². The van der Waals surface area contributed by atoms with Gasteiger partial charge in [0.05, 0.1) is 12.6 Å². The van der Waals surface area contributed by atoms with E-state index in [0.717, 1.165) is 25.9 Å². The Morgan fingerprint density at radius 2 is 2.06 bits per heavy atom. The number of hydrogen-bond donors (Lipinski definition) is 0. The summed E-state index contributed by atoms with van der Waals surface area (Å²) in [6.45, 7) is 7.09. The SMILES string of the molecule is CC(C)N(CCC#N)CC(=O)N1CCCC1. The fourth-order valence-corrected chi connectivity index (χ4v) is 1.95. The van der Waals surface area contributed by atoms with Crippen LogP contribution < -0.4 is 0 Å². The van der Waals surface area contributed by atoms with Crippen LogP contribution in [0.4, 0.5) is 0 Å². The third-order valence-electron chi connectivity index (χ3n) is 3.04. The second kappa shape index (κ2) is 6.49. The fourth-order valence-electron chi connectivity index (χ4n) is 1.95. The molecule has 0 bridgehead atoms. The molecule has 0 aromatic heterocycles. The summed E-state index contributed by atoms with van der Waals surface area (Å²) in [6, 6.07) is 2.45. The zero-order chi connectivity index (χ0) is 12.0. The van der Waals surface area contributed by atoms with E-state index >= 15 is 0 Å². The largest absolute Gasteiger partial charge is 0.342 e. The Morgan fingerprint density at radius 1 is 1.44 bits per heavy atom. The highest BCUT2D eigenvalue weighted by molar-refractivity contribution is 5.78. The minimum atomic E-state index is 0.212. The third-order valence-corrected chi connectivity index (χ3v) is 3.04. The summed E-state index contributed by atoms with van der Waals surface area (Å²) in [7, 11) is 0. The lowest BCUT2D eigenvalue weighted by Crippen LogP contribution is -2.42. The van der Waals surface area contributed by atoms with Crippen molar-refractivity contribution in [3.63, 3.8) is 0 Å². The average Bonchev–Trinajstić information content (AvgIpc) is 2.76. The zero-order valence-corrected chi connectivity index (χ0v) is 10.3. The minimum Gasteiger partial charge on any atom is -0.342 e. The number of nitriles is 1. The molecule has 0 radical (unpaired) electrons. The zero-order valence-electron chi connectivity index (χ0n) is 10.3. The smallest absolute Gasteiger partial charge is 0.236 e. The molecule has 4 heteroatoms. The molecule has 0 saturated carbocycles. The van der Waals surface area contributed by atoms with Crippen LogP contribution >= 0.6 is 0 Å². The molecule has 0 spiro atoms. The molecular formula is C12H21N3O. The number of carbonyl (C=O) groups is 1. The highest BCUT2D eigenvalue weighted by atomic mass is 16.2. The summed E-state index contributed by atoms with van der Waals surface area (Å²) < 4.78 is 0. The van der Waals surface area contributed by atoms with Crippen molar-refractivity contribution < 1.29 is 4.79 Å². The van der Waals surface area contributed by atoms with Crippen molar-refractivity contribution in [1.82, 2.24) is 9.80 Å². The van der Waals surface area contributed by atoms with Crippen LogP contribution in [0.25, 0.3) is 0 Å². The maximum atomic E-state index is 11.9. The molecular weight excluding hydrogens is 202 g/mol. The number of carbonyl (C=O) groups excluding carboxylic acids is 1. The average molecular weight is 223 g/mol. The van der Waals surface area contributed by atoms with Crippen molar-refractivity contribution in [3.8, 4) is 6.07 Å². The van der Waals surface area contributed by atoms with Gasteiger partial charge < -0.3 is 4.90 Å². The number of nitrogens with zero attached hydrogens (tertiary/aromatic N) is 3. The number of amides is 1. The summed E-state index contributed by atoms with van der Waals surface area (Å²) in [6.07, 6.45) is 2.75. The van der Waals surface area contributed by atoms with E-state index in [2.05, 4.69) is 24.8 Å². The molecule has 0 unspecified atom stereocenters. The lowest BCUT2D eigenvalue weighted by atomic mass is 10.3. The summed E-state index contributed by atoms with van der Waals surface area (Å²) in [4.78, 5) is 15.9. The Labute approximate surface area is 97.8 Å². The minimum absolute atomic E-state index is 0.212. The van der Waals surface area contributed by atoms with Crippen LogP contribution in [0.1, 0.15) is 33.1 Å². The Morgan fingerprint density at radius 3 is 2.56 bits per heavy atom. The van der Waals surface area contributed by atoms with Gasteiger partial charge in [-0.1, -0.05) is 0 Å². The normalized spacial score (nSPS) is 15.8. The molecule has 0 aromatic rings. The van der Waals surface area contributed by atoms with Crippen molar-refractivity contribution in [2.75, 3.05) is 26.2 Å². The van der Waals surface area contributed by atoms with Crippen molar-refractivity contribution >= 4 is 5.91 Å². The quantitative estimate of drug-likeness (QED) is 0.704. The molecule has 1 saturated heterocycles. The first-order chi connectivity index (χ1) is 7.65. The topological polar surface area (TPSA) is 47.3 Å². The molecule has 0 N–H and O–H groups in total. The first-order valence-electron chi connectivity index (χ1n) is 6.04. The molecule has 0 atom stereocenters. The third kappa shape index (κ3) is 3.82. The van der Waals surface area contributed by atoms with Crippen LogP contribution in [0.2, 0.25) is 0 Å². The number of likely N-dealkylation sites (tertiary alicyclic amines) is 1. The molecule has 90 valence electrons. The standard InChI is InChI=1S/C12H21N3O/c1-11(2)15(9-5-6-13)10-12(16)14-7-3-4-8-14/h11H,3-5,7-10H2,1-2H3. The Kier molecular flexibility index (Phi) is 5.27. The summed E-state index contributed by atoms with van der Waals surface area (Å²) in [5.74, 6) is 0.212. The van der Waals surface area contributed by atoms with Crippen LogP contribution in [-0.4, -0.2) is 47.9 Å². The van der Waals surface area contributed by atoms with Gasteiger partial charge in [-0.25, -0.2) is 0 Å². The van der Waals surface area contributed by atoms with Crippen LogP contribution in [0.5, 0.6) is 0 Å². The Balaban J connectivity index is 2.41. The lowest BCUT2D eigenvalue weighted by molar-refractivity contribution is -0.131. The van der Waals surface area contributed by atoms with E-state index in [1.54, 1.807) is 0 Å². The van der Waals surface area contributed by atoms with Gasteiger partial charge in [0, 0.05) is 32.1 Å². The van der Waals surface area contributed by atoms with Gasteiger partial charge in [0.15, 0.2) is 0 Å². The van der Waals surface area contributed by atoms with Crippen LogP contribution in [-0.2, 0) is 4.79 Å². The molecule has 16 heavy (non-hydrogen) atoms. The molecule has 1 aliphatic rings. The van der Waals surface area contributed by atoms with Crippen LogP contribution in [0.3, 0.4) is 0 Å². The molecule has 1 amide bonds. The molecule has 1 rings (SSSR count). The van der Waals surface area contributed by atoms with Gasteiger partial charge >= 0.3 is 0 Å². The van der Waals surface area contributed by atoms with E-state index in [-0.39, 0.29) is 5.91 Å². The lowest BCUT2D eigenvalue weighted by Gasteiger charge is -2.27. The Bertz CT molecular complexity index is 264. The molecule has 0 aliphatic carbocycles. The predicted molar refractivity (Wildman–Crippen MR) is 62.8 cm³/mol. The van der Waals surface area contributed by atoms with E-state index in [1.807, 2.05) is 4.90 Å². The van der Waals surface area contributed by atoms with E-state index in [0.29, 0.717) is 25.6 Å². The summed E-state index contributed by atoms with van der Waals surface area (Å²) >= 11 is 0.